The fraction of sp³-hybridized carbons (Fsp3) is 0.412. The van der Waals surface area contributed by atoms with E-state index in [0.29, 0.717) is 0 Å². The maximum absolute atomic E-state index is 12.9. The highest BCUT2D eigenvalue weighted by Crippen LogP contribution is 2.26. The number of hydrogen-bond acceptors (Lipinski definition) is 5. The quantitative estimate of drug-likeness (QED) is 0.670. The van der Waals surface area contributed by atoms with Crippen LogP contribution in [0.25, 0.3) is 0 Å². The average molecular weight is 347 g/mol. The Bertz CT molecular complexity index is 708. The molecule has 0 aliphatic heterocycles. The van der Waals surface area contributed by atoms with Crippen LogP contribution in [0.1, 0.15) is 25.8 Å². The molecule has 1 rings (SSSR count). The summed E-state index contributed by atoms with van der Waals surface area (Å²) in [5.74, 6) is -4.28. The number of aliphatic carboxylic acids is 2. The van der Waals surface area contributed by atoms with Gasteiger partial charge in [-0.05, 0) is 25.0 Å². The highest BCUT2D eigenvalue weighted by atomic mass is 16.4. The molecule has 0 aliphatic carbocycles. The van der Waals surface area contributed by atoms with E-state index in [9.17, 15) is 24.8 Å². The second-order valence-electron chi connectivity index (χ2n) is 6.19. The van der Waals surface area contributed by atoms with Crippen molar-refractivity contribution in [3.63, 3.8) is 0 Å². The van der Waals surface area contributed by atoms with E-state index in [2.05, 4.69) is 0 Å². The van der Waals surface area contributed by atoms with Gasteiger partial charge in [-0.15, -0.1) is 0 Å². The van der Waals surface area contributed by atoms with Crippen LogP contribution in [0.15, 0.2) is 24.3 Å². The molecule has 4 N–H and O–H groups in total. The number of carbonyl (C=O) groups excluding carboxylic acids is 1. The van der Waals surface area contributed by atoms with Gasteiger partial charge in [0.15, 0.2) is 5.54 Å². The highest BCUT2D eigenvalue weighted by Gasteiger charge is 2.45. The molecule has 0 spiro atoms. The van der Waals surface area contributed by atoms with E-state index in [0.717, 1.165) is 10.5 Å². The minimum absolute atomic E-state index is 0.229. The molecule has 0 bridgehead atoms. The van der Waals surface area contributed by atoms with Gasteiger partial charge in [-0.2, -0.15) is 5.26 Å². The average Bonchev–Trinajstić information content (AvgIpc) is 2.51. The molecule has 0 saturated carbocycles. The van der Waals surface area contributed by atoms with Gasteiger partial charge < -0.3 is 15.9 Å². The predicted molar refractivity (Wildman–Crippen MR) is 89.7 cm³/mol. The summed E-state index contributed by atoms with van der Waals surface area (Å²) in [5.41, 5.74) is 4.46. The summed E-state index contributed by atoms with van der Waals surface area (Å²) in [5, 5.41) is 27.8. The first-order valence-electron chi connectivity index (χ1n) is 7.58. The summed E-state index contributed by atoms with van der Waals surface area (Å²) in [7, 11) is 0. The first-order chi connectivity index (χ1) is 11.5. The van der Waals surface area contributed by atoms with Crippen molar-refractivity contribution in [3.8, 4) is 6.07 Å². The van der Waals surface area contributed by atoms with Gasteiger partial charge in [-0.25, -0.2) is 4.79 Å². The zero-order chi connectivity index (χ0) is 19.4. The van der Waals surface area contributed by atoms with Gasteiger partial charge in [0.1, 0.15) is 6.04 Å². The number of carboxylic acids is 2. The summed E-state index contributed by atoms with van der Waals surface area (Å²) >= 11 is 0. The Kier molecular flexibility index (Phi) is 6.25. The number of hydrogen-bond donors (Lipinski definition) is 3. The predicted octanol–water partition coefficient (Wildman–Crippen LogP) is 1.13. The molecule has 0 fully saturated rings. The van der Waals surface area contributed by atoms with Crippen molar-refractivity contribution < 1.29 is 24.6 Å². The second kappa shape index (κ2) is 7.77. The van der Waals surface area contributed by atoms with Crippen LogP contribution in [0.5, 0.6) is 0 Å². The number of carbonyl (C=O) groups is 3. The lowest BCUT2D eigenvalue weighted by molar-refractivity contribution is -0.142. The van der Waals surface area contributed by atoms with Gasteiger partial charge in [0.25, 0.3) is 5.91 Å². The Labute approximate surface area is 145 Å². The topological polar surface area (TPSA) is 145 Å². The van der Waals surface area contributed by atoms with E-state index in [4.69, 9.17) is 10.8 Å². The van der Waals surface area contributed by atoms with E-state index in [1.165, 1.54) is 18.2 Å². The van der Waals surface area contributed by atoms with E-state index < -0.39 is 41.8 Å². The molecule has 2 atom stereocenters. The van der Waals surface area contributed by atoms with Crippen molar-refractivity contribution in [1.82, 2.24) is 0 Å². The van der Waals surface area contributed by atoms with Crippen molar-refractivity contribution >= 4 is 23.5 Å². The lowest BCUT2D eigenvalue weighted by Gasteiger charge is -2.35. The van der Waals surface area contributed by atoms with Crippen LogP contribution in [0.2, 0.25) is 0 Å². The van der Waals surface area contributed by atoms with Crippen molar-refractivity contribution in [1.29, 1.82) is 5.26 Å². The van der Waals surface area contributed by atoms with Crippen molar-refractivity contribution in [2.75, 3.05) is 4.90 Å². The van der Waals surface area contributed by atoms with Crippen LogP contribution in [0.3, 0.4) is 0 Å². The van der Waals surface area contributed by atoms with Crippen LogP contribution in [0, 0.1) is 24.2 Å². The van der Waals surface area contributed by atoms with Crippen LogP contribution >= 0.6 is 0 Å². The highest BCUT2D eigenvalue weighted by molar-refractivity contribution is 6.07. The summed E-state index contributed by atoms with van der Waals surface area (Å²) in [6.45, 7) is 5.03. The standard InChI is InChI=1S/C17H21N3O5/c1-10(2)14(15(23)24)20(12-6-4-11(3)5-7-12)16(25)17(19,9-18)8-13(21)22/h4-7,10,14H,8,19H2,1-3H3,(H,21,22)(H,23,24)/t14-,17+/m0/s1. The first-order valence-corrected chi connectivity index (χ1v) is 7.58. The smallest absolute Gasteiger partial charge is 0.327 e. The Morgan fingerprint density at radius 2 is 1.76 bits per heavy atom. The van der Waals surface area contributed by atoms with Gasteiger partial charge >= 0.3 is 11.9 Å². The molecule has 25 heavy (non-hydrogen) atoms. The summed E-state index contributed by atoms with van der Waals surface area (Å²) in [6.07, 6.45) is -0.935. The van der Waals surface area contributed by atoms with Gasteiger partial charge in [0.05, 0.1) is 12.5 Å². The molecule has 0 saturated heterocycles. The van der Waals surface area contributed by atoms with Gasteiger partial charge in [-0.1, -0.05) is 31.5 Å². The van der Waals surface area contributed by atoms with E-state index in [1.54, 1.807) is 26.0 Å². The Morgan fingerprint density at radius 3 is 2.12 bits per heavy atom. The molecule has 1 aromatic rings. The van der Waals surface area contributed by atoms with Crippen LogP contribution < -0.4 is 10.6 Å². The maximum atomic E-state index is 12.9. The third-order valence-corrected chi connectivity index (χ3v) is 3.70. The van der Waals surface area contributed by atoms with Gasteiger partial charge in [0.2, 0.25) is 0 Å². The second-order valence-corrected chi connectivity index (χ2v) is 6.19. The number of nitrogens with zero attached hydrogens (tertiary/aromatic N) is 2. The number of aryl methyl sites for hydroxylation is 1. The molecule has 0 unspecified atom stereocenters. The maximum Gasteiger partial charge on any atom is 0.327 e. The molecule has 0 aromatic heterocycles. The monoisotopic (exact) mass is 347 g/mol. The van der Waals surface area contributed by atoms with Crippen LogP contribution in [0.4, 0.5) is 5.69 Å². The minimum Gasteiger partial charge on any atom is -0.481 e. The molecular formula is C17H21N3O5. The number of carboxylic acid groups (broad SMARTS) is 2. The zero-order valence-electron chi connectivity index (χ0n) is 14.3. The fourth-order valence-corrected chi connectivity index (χ4v) is 2.42. The molecule has 0 aliphatic rings. The minimum atomic E-state index is -2.38. The number of nitrogens with two attached hydrogens (primary N) is 1. The number of anilines is 1. The number of benzene rings is 1. The van der Waals surface area contributed by atoms with Crippen molar-refractivity contribution in [2.45, 2.75) is 38.8 Å². The number of amides is 1. The summed E-state index contributed by atoms with van der Waals surface area (Å²) in [4.78, 5) is 36.6. The normalized spacial score (nSPS) is 14.2. The lowest BCUT2D eigenvalue weighted by atomic mass is 9.92. The van der Waals surface area contributed by atoms with Crippen LogP contribution in [-0.4, -0.2) is 39.6 Å². The largest absolute Gasteiger partial charge is 0.481 e. The molecule has 8 nitrogen and oxygen atoms in total. The van der Waals surface area contributed by atoms with E-state index in [1.807, 2.05) is 6.92 Å². The molecule has 134 valence electrons. The third-order valence-electron chi connectivity index (χ3n) is 3.70. The number of nitriles is 1. The molecule has 0 heterocycles. The van der Waals surface area contributed by atoms with E-state index >= 15 is 0 Å². The molecule has 0 radical (unpaired) electrons. The Balaban J connectivity index is 3.52. The molecular weight excluding hydrogens is 326 g/mol. The van der Waals surface area contributed by atoms with Crippen molar-refractivity contribution in [3.05, 3.63) is 29.8 Å². The lowest BCUT2D eigenvalue weighted by Crippen LogP contribution is -2.60. The van der Waals surface area contributed by atoms with Crippen molar-refractivity contribution in [2.24, 2.45) is 11.7 Å². The van der Waals surface area contributed by atoms with Gasteiger partial charge in [0, 0.05) is 5.69 Å². The third kappa shape index (κ3) is 4.55. The van der Waals surface area contributed by atoms with Crippen LogP contribution in [-0.2, 0) is 14.4 Å². The first kappa shape index (κ1) is 20.1. The SMILES string of the molecule is Cc1ccc(N(C(=O)[C@](N)(C#N)CC(=O)O)[C@H](C(=O)O)C(C)C)cc1. The van der Waals surface area contributed by atoms with Gasteiger partial charge in [-0.3, -0.25) is 14.5 Å². The zero-order valence-corrected chi connectivity index (χ0v) is 14.3. The van der Waals surface area contributed by atoms with E-state index in [-0.39, 0.29) is 5.69 Å². The Hall–Kier alpha value is -2.92. The summed E-state index contributed by atoms with van der Waals surface area (Å²) in [6, 6.07) is 6.63. The molecule has 8 heteroatoms. The summed E-state index contributed by atoms with van der Waals surface area (Å²) < 4.78 is 0. The Morgan fingerprint density at radius 1 is 1.24 bits per heavy atom. The molecule has 1 aromatic carbocycles. The molecule has 1 amide bonds. The number of rotatable bonds is 7. The fourth-order valence-electron chi connectivity index (χ4n) is 2.42.